The van der Waals surface area contributed by atoms with Gasteiger partial charge in [0.1, 0.15) is 0 Å². The summed E-state index contributed by atoms with van der Waals surface area (Å²) in [5.74, 6) is 0. The molecule has 4 rings (SSSR count). The van der Waals surface area contributed by atoms with E-state index in [9.17, 15) is 0 Å². The van der Waals surface area contributed by atoms with Crippen LogP contribution in [0.2, 0.25) is 0 Å². The van der Waals surface area contributed by atoms with Crippen molar-refractivity contribution in [2.75, 3.05) is 6.61 Å². The number of H-pyrrole nitrogens is 1. The molecule has 2 aliphatic rings. The number of aromatic nitrogens is 1. The van der Waals surface area contributed by atoms with E-state index in [2.05, 4.69) is 41.2 Å². The third-order valence-electron chi connectivity index (χ3n) is 4.28. The van der Waals surface area contributed by atoms with Gasteiger partial charge >= 0.3 is 0 Å². The number of fused-ring (bicyclic) bond motifs is 5. The zero-order valence-corrected chi connectivity index (χ0v) is 10.6. The van der Waals surface area contributed by atoms with Crippen molar-refractivity contribution in [1.82, 2.24) is 10.0 Å². The van der Waals surface area contributed by atoms with E-state index in [0.717, 1.165) is 19.4 Å². The molecule has 3 heteroatoms. The van der Waals surface area contributed by atoms with Gasteiger partial charge in [-0.25, -0.2) is 0 Å². The summed E-state index contributed by atoms with van der Waals surface area (Å²) >= 11 is 0. The molecule has 0 aliphatic carbocycles. The number of aromatic amines is 1. The van der Waals surface area contributed by atoms with Crippen molar-refractivity contribution in [3.63, 3.8) is 0 Å². The summed E-state index contributed by atoms with van der Waals surface area (Å²) in [6, 6.07) is 9.53. The molecule has 3 nitrogen and oxygen atoms in total. The third-order valence-corrected chi connectivity index (χ3v) is 4.28. The zero-order chi connectivity index (χ0) is 12.1. The van der Waals surface area contributed by atoms with E-state index in [0.29, 0.717) is 12.1 Å². The molecule has 1 fully saturated rings. The lowest BCUT2D eigenvalue weighted by atomic mass is 9.91. The molecule has 0 spiro atoms. The SMILES string of the molecule is C[C@H]1Cc2c([nH]c3ccccc23)[C@H]2CCCON21. The van der Waals surface area contributed by atoms with Crippen LogP contribution in [0.3, 0.4) is 0 Å². The predicted octanol–water partition coefficient (Wildman–Crippen LogP) is 3.18. The van der Waals surface area contributed by atoms with Crippen molar-refractivity contribution in [1.29, 1.82) is 0 Å². The minimum atomic E-state index is 0.421. The summed E-state index contributed by atoms with van der Waals surface area (Å²) < 4.78 is 0. The van der Waals surface area contributed by atoms with Gasteiger partial charge in [-0.15, -0.1) is 0 Å². The number of hydrogen-bond acceptors (Lipinski definition) is 2. The highest BCUT2D eigenvalue weighted by Crippen LogP contribution is 2.41. The quantitative estimate of drug-likeness (QED) is 0.768. The molecule has 1 N–H and O–H groups in total. The Morgan fingerprint density at radius 3 is 3.17 bits per heavy atom. The van der Waals surface area contributed by atoms with Crippen molar-refractivity contribution in [3.05, 3.63) is 35.5 Å². The summed E-state index contributed by atoms with van der Waals surface area (Å²) in [5, 5.41) is 3.60. The third kappa shape index (κ3) is 1.38. The summed E-state index contributed by atoms with van der Waals surface area (Å²) in [6.07, 6.45) is 3.43. The van der Waals surface area contributed by atoms with Crippen LogP contribution in [0.15, 0.2) is 24.3 Å². The molecule has 0 bridgehead atoms. The Kier molecular flexibility index (Phi) is 2.26. The Morgan fingerprint density at radius 2 is 2.22 bits per heavy atom. The number of hydrogen-bond donors (Lipinski definition) is 1. The first-order chi connectivity index (χ1) is 8.84. The molecule has 2 aliphatic heterocycles. The summed E-state index contributed by atoms with van der Waals surface area (Å²) in [7, 11) is 0. The van der Waals surface area contributed by atoms with Crippen molar-refractivity contribution in [2.45, 2.75) is 38.3 Å². The summed E-state index contributed by atoms with van der Waals surface area (Å²) in [4.78, 5) is 9.47. The van der Waals surface area contributed by atoms with Gasteiger partial charge in [-0.05, 0) is 37.8 Å². The van der Waals surface area contributed by atoms with Crippen LogP contribution in [0, 0.1) is 0 Å². The first-order valence-corrected chi connectivity index (χ1v) is 6.85. The van der Waals surface area contributed by atoms with Gasteiger partial charge in [-0.3, -0.25) is 4.84 Å². The number of nitrogens with zero attached hydrogens (tertiary/aromatic N) is 1. The smallest absolute Gasteiger partial charge is 0.0758 e. The average molecular weight is 242 g/mol. The van der Waals surface area contributed by atoms with E-state index >= 15 is 0 Å². The minimum absolute atomic E-state index is 0.421. The monoisotopic (exact) mass is 242 g/mol. The maximum Gasteiger partial charge on any atom is 0.0758 e. The van der Waals surface area contributed by atoms with Gasteiger partial charge < -0.3 is 4.98 Å². The maximum atomic E-state index is 5.86. The number of rotatable bonds is 0. The van der Waals surface area contributed by atoms with Gasteiger partial charge in [-0.1, -0.05) is 18.2 Å². The molecule has 0 saturated carbocycles. The second kappa shape index (κ2) is 3.84. The van der Waals surface area contributed by atoms with Crippen molar-refractivity contribution < 1.29 is 4.84 Å². The van der Waals surface area contributed by atoms with Crippen molar-refractivity contribution >= 4 is 10.9 Å². The molecule has 0 amide bonds. The predicted molar refractivity (Wildman–Crippen MR) is 71.2 cm³/mol. The van der Waals surface area contributed by atoms with Crippen LogP contribution in [0.4, 0.5) is 0 Å². The normalized spacial score (nSPS) is 28.1. The standard InChI is InChI=1S/C15H18N2O/c1-10-9-12-11-5-2-3-6-13(11)16-15(12)14-7-4-8-18-17(10)14/h2-3,5-6,10,14,16H,4,7-9H2,1H3/t10-,14+/m0/s1. The number of para-hydroxylation sites is 1. The van der Waals surface area contributed by atoms with Gasteiger partial charge in [0.15, 0.2) is 0 Å². The fourth-order valence-corrected chi connectivity index (χ4v) is 3.48. The van der Waals surface area contributed by atoms with Gasteiger partial charge in [0.05, 0.1) is 12.6 Å². The van der Waals surface area contributed by atoms with Gasteiger partial charge in [0, 0.05) is 22.6 Å². The van der Waals surface area contributed by atoms with E-state index < -0.39 is 0 Å². The van der Waals surface area contributed by atoms with Crippen LogP contribution < -0.4 is 0 Å². The maximum absolute atomic E-state index is 5.86. The first-order valence-electron chi connectivity index (χ1n) is 6.85. The van der Waals surface area contributed by atoms with Crippen molar-refractivity contribution in [3.8, 4) is 0 Å². The first kappa shape index (κ1) is 10.6. The van der Waals surface area contributed by atoms with E-state index in [4.69, 9.17) is 4.84 Å². The molecule has 3 heterocycles. The fraction of sp³-hybridized carbons (Fsp3) is 0.467. The van der Waals surface area contributed by atoms with Gasteiger partial charge in [0.2, 0.25) is 0 Å². The number of hydroxylamine groups is 2. The fourth-order valence-electron chi connectivity index (χ4n) is 3.48. The molecular weight excluding hydrogens is 224 g/mol. The second-order valence-corrected chi connectivity index (χ2v) is 5.47. The molecule has 2 aromatic rings. The summed E-state index contributed by atoms with van der Waals surface area (Å²) in [6.45, 7) is 3.14. The number of benzene rings is 1. The average Bonchev–Trinajstić information content (AvgIpc) is 2.78. The van der Waals surface area contributed by atoms with Crippen LogP contribution >= 0.6 is 0 Å². The van der Waals surface area contributed by atoms with E-state index in [1.165, 1.54) is 28.6 Å². The van der Waals surface area contributed by atoms with Crippen LogP contribution in [0.25, 0.3) is 10.9 Å². The molecule has 2 atom stereocenters. The molecule has 0 unspecified atom stereocenters. The molecule has 1 aromatic heterocycles. The molecule has 0 radical (unpaired) electrons. The molecule has 94 valence electrons. The Hall–Kier alpha value is -1.32. The number of nitrogens with one attached hydrogen (secondary N) is 1. The highest BCUT2D eigenvalue weighted by Gasteiger charge is 2.37. The minimum Gasteiger partial charge on any atom is -0.357 e. The highest BCUT2D eigenvalue weighted by atomic mass is 16.7. The highest BCUT2D eigenvalue weighted by molar-refractivity contribution is 5.85. The lowest BCUT2D eigenvalue weighted by molar-refractivity contribution is -0.239. The van der Waals surface area contributed by atoms with Crippen LogP contribution in [0.5, 0.6) is 0 Å². The Morgan fingerprint density at radius 1 is 1.33 bits per heavy atom. The van der Waals surface area contributed by atoms with Gasteiger partial charge in [-0.2, -0.15) is 5.06 Å². The van der Waals surface area contributed by atoms with E-state index in [1.54, 1.807) is 0 Å². The Bertz CT molecular complexity index is 589. The van der Waals surface area contributed by atoms with E-state index in [-0.39, 0.29) is 0 Å². The molecule has 1 aromatic carbocycles. The largest absolute Gasteiger partial charge is 0.357 e. The summed E-state index contributed by atoms with van der Waals surface area (Å²) in [5.41, 5.74) is 4.15. The Labute approximate surface area is 107 Å². The molecular formula is C15H18N2O. The van der Waals surface area contributed by atoms with Gasteiger partial charge in [0.25, 0.3) is 0 Å². The lowest BCUT2D eigenvalue weighted by Gasteiger charge is -2.42. The second-order valence-electron chi connectivity index (χ2n) is 5.47. The molecule has 18 heavy (non-hydrogen) atoms. The lowest BCUT2D eigenvalue weighted by Crippen LogP contribution is -2.44. The topological polar surface area (TPSA) is 28.3 Å². The van der Waals surface area contributed by atoms with Crippen LogP contribution in [-0.2, 0) is 11.3 Å². The van der Waals surface area contributed by atoms with Crippen LogP contribution in [-0.4, -0.2) is 22.7 Å². The molecule has 1 saturated heterocycles. The zero-order valence-electron chi connectivity index (χ0n) is 10.6. The van der Waals surface area contributed by atoms with E-state index in [1.807, 2.05) is 0 Å². The van der Waals surface area contributed by atoms with Crippen molar-refractivity contribution in [2.24, 2.45) is 0 Å². The van der Waals surface area contributed by atoms with Crippen LogP contribution in [0.1, 0.15) is 37.1 Å². The Balaban J connectivity index is 1.91.